The number of halogens is 1. The number of phenols is 1. The molecule has 0 amide bonds. The fourth-order valence-corrected chi connectivity index (χ4v) is 2.50. The Labute approximate surface area is 110 Å². The van der Waals surface area contributed by atoms with Crippen LogP contribution in [0.2, 0.25) is 0 Å². The molecular weight excluding hydrogens is 245 g/mol. The van der Waals surface area contributed by atoms with E-state index in [9.17, 15) is 4.39 Å². The lowest BCUT2D eigenvalue weighted by atomic mass is 9.69. The van der Waals surface area contributed by atoms with E-state index in [1.807, 2.05) is 0 Å². The Balaban J connectivity index is 1.69. The Kier molecular flexibility index (Phi) is 2.81. The summed E-state index contributed by atoms with van der Waals surface area (Å²) in [7, 11) is 0. The van der Waals surface area contributed by atoms with Gasteiger partial charge in [-0.05, 0) is 47.9 Å². The maximum atomic E-state index is 13.3. The highest BCUT2D eigenvalue weighted by Gasteiger charge is 2.32. The lowest BCUT2D eigenvalue weighted by Crippen LogP contribution is -2.20. The normalized spacial score (nSPS) is 21.9. The summed E-state index contributed by atoms with van der Waals surface area (Å²) in [5, 5.41) is 9.17. The molecule has 0 spiro atoms. The van der Waals surface area contributed by atoms with Gasteiger partial charge in [0.1, 0.15) is 0 Å². The number of hydrogen-bond donors (Lipinski definition) is 2. The van der Waals surface area contributed by atoms with Gasteiger partial charge < -0.3 is 10.8 Å². The molecule has 1 aliphatic carbocycles. The zero-order valence-electron chi connectivity index (χ0n) is 10.3. The molecule has 3 rings (SSSR count). The van der Waals surface area contributed by atoms with Gasteiger partial charge in [-0.25, -0.2) is 14.4 Å². The minimum absolute atomic E-state index is 0.278. The molecule has 0 bridgehead atoms. The fraction of sp³-hybridized carbons (Fsp3) is 0.286. The molecular formula is C14H14FN3O. The first-order valence-electron chi connectivity index (χ1n) is 6.19. The molecule has 0 unspecified atom stereocenters. The van der Waals surface area contributed by atoms with Crippen LogP contribution in [0, 0.1) is 5.82 Å². The summed E-state index contributed by atoms with van der Waals surface area (Å²) in [5.41, 5.74) is 7.45. The van der Waals surface area contributed by atoms with Crippen molar-refractivity contribution >= 4 is 5.95 Å². The number of hydrogen-bond acceptors (Lipinski definition) is 4. The second kappa shape index (κ2) is 4.50. The van der Waals surface area contributed by atoms with Gasteiger partial charge in [0.15, 0.2) is 11.6 Å². The minimum Gasteiger partial charge on any atom is -0.505 e. The van der Waals surface area contributed by atoms with Crippen LogP contribution >= 0.6 is 0 Å². The molecule has 1 heterocycles. The quantitative estimate of drug-likeness (QED) is 0.869. The molecule has 1 aromatic heterocycles. The molecule has 1 fully saturated rings. The summed E-state index contributed by atoms with van der Waals surface area (Å²) in [4.78, 5) is 7.96. The minimum atomic E-state index is -0.559. The molecule has 98 valence electrons. The van der Waals surface area contributed by atoms with Gasteiger partial charge in [-0.15, -0.1) is 0 Å². The van der Waals surface area contributed by atoms with E-state index in [0.717, 1.165) is 24.0 Å². The highest BCUT2D eigenvalue weighted by Crippen LogP contribution is 2.47. The molecule has 2 aromatic rings. The van der Waals surface area contributed by atoms with E-state index in [1.165, 1.54) is 12.1 Å². The van der Waals surface area contributed by atoms with Crippen LogP contribution in [0.3, 0.4) is 0 Å². The van der Waals surface area contributed by atoms with E-state index in [2.05, 4.69) is 9.97 Å². The van der Waals surface area contributed by atoms with Gasteiger partial charge in [0.2, 0.25) is 5.95 Å². The van der Waals surface area contributed by atoms with Gasteiger partial charge in [0.05, 0.1) is 0 Å². The topological polar surface area (TPSA) is 72.0 Å². The Hall–Kier alpha value is -2.17. The summed E-state index contributed by atoms with van der Waals surface area (Å²) in [6.45, 7) is 0. The monoisotopic (exact) mass is 259 g/mol. The Morgan fingerprint density at radius 2 is 1.74 bits per heavy atom. The van der Waals surface area contributed by atoms with Crippen molar-refractivity contribution in [1.82, 2.24) is 9.97 Å². The highest BCUT2D eigenvalue weighted by molar-refractivity contribution is 5.33. The number of nitrogens with two attached hydrogens (primary N) is 1. The fourth-order valence-electron chi connectivity index (χ4n) is 2.50. The molecule has 19 heavy (non-hydrogen) atoms. The molecule has 4 nitrogen and oxygen atoms in total. The first kappa shape index (κ1) is 11.9. The first-order chi connectivity index (χ1) is 9.13. The second-order valence-corrected chi connectivity index (χ2v) is 4.95. The third-order valence-electron chi connectivity index (χ3n) is 3.74. The number of aromatic hydroxyl groups is 1. The third kappa shape index (κ3) is 2.23. The summed E-state index contributed by atoms with van der Waals surface area (Å²) >= 11 is 0. The Bertz CT molecular complexity index is 594. The smallest absolute Gasteiger partial charge is 0.219 e. The molecule has 1 aromatic carbocycles. The van der Waals surface area contributed by atoms with Crippen LogP contribution in [-0.4, -0.2) is 15.1 Å². The van der Waals surface area contributed by atoms with E-state index in [-0.39, 0.29) is 11.7 Å². The lowest BCUT2D eigenvalue weighted by molar-refractivity contribution is 0.348. The van der Waals surface area contributed by atoms with Crippen molar-refractivity contribution in [2.75, 3.05) is 5.73 Å². The van der Waals surface area contributed by atoms with Crippen LogP contribution in [0.1, 0.15) is 35.8 Å². The van der Waals surface area contributed by atoms with Crippen molar-refractivity contribution in [3.8, 4) is 5.75 Å². The molecule has 3 N–H and O–H groups in total. The zero-order chi connectivity index (χ0) is 13.4. The van der Waals surface area contributed by atoms with Gasteiger partial charge in [0, 0.05) is 12.4 Å². The number of rotatable bonds is 2. The number of phenolic OH excluding ortho intramolecular Hbond substituents is 1. The number of anilines is 1. The van der Waals surface area contributed by atoms with E-state index in [0.29, 0.717) is 11.8 Å². The number of nitrogens with zero attached hydrogens (tertiary/aromatic N) is 2. The molecule has 0 radical (unpaired) electrons. The largest absolute Gasteiger partial charge is 0.505 e. The Morgan fingerprint density at radius 1 is 1.11 bits per heavy atom. The maximum Gasteiger partial charge on any atom is 0.219 e. The van der Waals surface area contributed by atoms with Crippen molar-refractivity contribution in [3.05, 3.63) is 47.5 Å². The maximum absolute atomic E-state index is 13.3. The molecule has 0 aliphatic heterocycles. The molecule has 1 saturated carbocycles. The van der Waals surface area contributed by atoms with E-state index in [4.69, 9.17) is 10.8 Å². The summed E-state index contributed by atoms with van der Waals surface area (Å²) < 4.78 is 13.3. The Morgan fingerprint density at radius 3 is 2.37 bits per heavy atom. The number of nitrogen functional groups attached to an aromatic ring is 1. The van der Waals surface area contributed by atoms with Crippen LogP contribution in [0.15, 0.2) is 30.6 Å². The van der Waals surface area contributed by atoms with Crippen LogP contribution in [-0.2, 0) is 0 Å². The van der Waals surface area contributed by atoms with Gasteiger partial charge in [-0.2, -0.15) is 0 Å². The van der Waals surface area contributed by atoms with Crippen LogP contribution in [0.25, 0.3) is 0 Å². The van der Waals surface area contributed by atoms with Crippen molar-refractivity contribution in [2.45, 2.75) is 24.7 Å². The van der Waals surface area contributed by atoms with Crippen molar-refractivity contribution in [2.24, 2.45) is 0 Å². The van der Waals surface area contributed by atoms with Crippen LogP contribution < -0.4 is 5.73 Å². The average Bonchev–Trinajstić information content (AvgIpc) is 2.34. The highest BCUT2D eigenvalue weighted by atomic mass is 19.1. The van der Waals surface area contributed by atoms with E-state index >= 15 is 0 Å². The van der Waals surface area contributed by atoms with Crippen molar-refractivity contribution < 1.29 is 9.50 Å². The molecule has 0 atom stereocenters. The molecule has 1 aliphatic rings. The number of benzene rings is 1. The van der Waals surface area contributed by atoms with Crippen molar-refractivity contribution in [1.29, 1.82) is 0 Å². The summed E-state index contributed by atoms with van der Waals surface area (Å²) in [6, 6.07) is 4.60. The third-order valence-corrected chi connectivity index (χ3v) is 3.74. The predicted octanol–water partition coefficient (Wildman–Crippen LogP) is 2.56. The van der Waals surface area contributed by atoms with Gasteiger partial charge in [0.25, 0.3) is 0 Å². The SMILES string of the molecule is Nc1ncc(C2CC(c3ccc(O)c(F)c3)C2)cn1. The predicted molar refractivity (Wildman–Crippen MR) is 69.2 cm³/mol. The zero-order valence-corrected chi connectivity index (χ0v) is 10.3. The van der Waals surface area contributed by atoms with E-state index in [1.54, 1.807) is 18.5 Å². The van der Waals surface area contributed by atoms with Crippen LogP contribution in [0.5, 0.6) is 5.75 Å². The first-order valence-corrected chi connectivity index (χ1v) is 6.19. The standard InChI is InChI=1S/C14H14FN3O/c15-12-5-8(1-2-13(12)19)9-3-10(4-9)11-6-17-14(16)18-7-11/h1-2,5-7,9-10,19H,3-4H2,(H2,16,17,18). The van der Waals surface area contributed by atoms with Gasteiger partial charge in [-0.3, -0.25) is 0 Å². The van der Waals surface area contributed by atoms with Crippen molar-refractivity contribution in [3.63, 3.8) is 0 Å². The summed E-state index contributed by atoms with van der Waals surface area (Å²) in [6.07, 6.45) is 5.39. The van der Waals surface area contributed by atoms with Gasteiger partial charge >= 0.3 is 0 Å². The summed E-state index contributed by atoms with van der Waals surface area (Å²) in [5.74, 6) is 0.156. The lowest BCUT2D eigenvalue weighted by Gasteiger charge is -2.35. The average molecular weight is 259 g/mol. The van der Waals surface area contributed by atoms with Crippen LogP contribution in [0.4, 0.5) is 10.3 Å². The second-order valence-electron chi connectivity index (χ2n) is 4.95. The van der Waals surface area contributed by atoms with Gasteiger partial charge in [-0.1, -0.05) is 6.07 Å². The number of aromatic nitrogens is 2. The molecule has 0 saturated heterocycles. The van der Waals surface area contributed by atoms with E-state index < -0.39 is 5.82 Å². The molecule has 5 heteroatoms.